The maximum atomic E-state index is 14.8. The average molecular weight is 463 g/mol. The number of aromatic nitrogens is 2. The minimum atomic E-state index is -0.639. The molecule has 2 aromatic heterocycles. The van der Waals surface area contributed by atoms with Crippen LogP contribution in [-0.2, 0) is 4.74 Å². The molecule has 9 heteroatoms. The first-order valence-electron chi connectivity index (χ1n) is 11.1. The number of phenols is 1. The summed E-state index contributed by atoms with van der Waals surface area (Å²) in [6, 6.07) is 7.55. The molecule has 0 spiro atoms. The van der Waals surface area contributed by atoms with Crippen LogP contribution < -0.4 is 15.3 Å². The van der Waals surface area contributed by atoms with Gasteiger partial charge in [-0.05, 0) is 43.4 Å². The number of rotatable bonds is 3. The molecule has 6 rings (SSSR count). The van der Waals surface area contributed by atoms with Crippen LogP contribution in [0, 0.1) is 12.7 Å². The maximum Gasteiger partial charge on any atom is 0.349 e. The molecule has 4 aromatic rings. The predicted molar refractivity (Wildman–Crippen MR) is 124 cm³/mol. The number of aromatic hydroxyl groups is 1. The van der Waals surface area contributed by atoms with E-state index in [1.165, 1.54) is 25.3 Å². The van der Waals surface area contributed by atoms with Crippen molar-refractivity contribution in [3.63, 3.8) is 0 Å². The maximum absolute atomic E-state index is 14.8. The molecule has 0 aliphatic carbocycles. The van der Waals surface area contributed by atoms with E-state index < -0.39 is 11.4 Å². The molecule has 2 bridgehead atoms. The van der Waals surface area contributed by atoms with Gasteiger partial charge in [0.2, 0.25) is 0 Å². The Morgan fingerprint density at radius 1 is 1.15 bits per heavy atom. The van der Waals surface area contributed by atoms with Crippen molar-refractivity contribution in [3.8, 4) is 23.1 Å². The molecule has 8 nitrogen and oxygen atoms in total. The molecular formula is C25H22FN3O5. The summed E-state index contributed by atoms with van der Waals surface area (Å²) in [7, 11) is 1.47. The van der Waals surface area contributed by atoms with Crippen LogP contribution in [0.15, 0.2) is 39.5 Å². The van der Waals surface area contributed by atoms with E-state index in [1.54, 1.807) is 19.1 Å². The van der Waals surface area contributed by atoms with Gasteiger partial charge in [-0.3, -0.25) is 0 Å². The SMILES string of the molecule is COc1nc(N2CC3CCC(C2)O3)c2c(=O)oc(-c3cc(O)cc4cccc(F)c34)c(C)c2n1. The Labute approximate surface area is 193 Å². The van der Waals surface area contributed by atoms with Crippen LogP contribution in [0.4, 0.5) is 10.2 Å². The number of morpholine rings is 1. The number of hydrogen-bond donors (Lipinski definition) is 1. The van der Waals surface area contributed by atoms with Gasteiger partial charge >= 0.3 is 11.6 Å². The number of phenolic OH excluding ortho intramolecular Hbond substituents is 1. The van der Waals surface area contributed by atoms with Crippen LogP contribution >= 0.6 is 0 Å². The van der Waals surface area contributed by atoms with Gasteiger partial charge in [-0.15, -0.1) is 0 Å². The molecule has 2 atom stereocenters. The Hall–Kier alpha value is -3.72. The van der Waals surface area contributed by atoms with Crippen molar-refractivity contribution in [2.75, 3.05) is 25.1 Å². The lowest BCUT2D eigenvalue weighted by molar-refractivity contribution is 0.0303. The van der Waals surface area contributed by atoms with Crippen molar-refractivity contribution in [2.24, 2.45) is 0 Å². The third-order valence-corrected chi connectivity index (χ3v) is 6.65. The summed E-state index contributed by atoms with van der Waals surface area (Å²) in [5.41, 5.74) is 0.510. The van der Waals surface area contributed by atoms with Crippen molar-refractivity contribution in [1.29, 1.82) is 0 Å². The number of halogens is 1. The van der Waals surface area contributed by atoms with Crippen molar-refractivity contribution >= 4 is 27.5 Å². The van der Waals surface area contributed by atoms with E-state index in [9.17, 15) is 14.3 Å². The monoisotopic (exact) mass is 463 g/mol. The van der Waals surface area contributed by atoms with Crippen LogP contribution in [0.1, 0.15) is 18.4 Å². The second kappa shape index (κ2) is 7.66. The van der Waals surface area contributed by atoms with Gasteiger partial charge in [0.05, 0.1) is 24.8 Å². The lowest BCUT2D eigenvalue weighted by Gasteiger charge is -2.33. The lowest BCUT2D eigenvalue weighted by atomic mass is 9.98. The summed E-state index contributed by atoms with van der Waals surface area (Å²) in [6.07, 6.45) is 2.11. The number of methoxy groups -OCH3 is 1. The molecule has 2 aliphatic heterocycles. The van der Waals surface area contributed by atoms with Crippen LogP contribution in [0.3, 0.4) is 0 Å². The van der Waals surface area contributed by atoms with E-state index >= 15 is 0 Å². The Balaban J connectivity index is 1.62. The summed E-state index contributed by atoms with van der Waals surface area (Å²) in [6.45, 7) is 2.96. The fourth-order valence-corrected chi connectivity index (χ4v) is 5.13. The van der Waals surface area contributed by atoms with Gasteiger partial charge in [-0.2, -0.15) is 9.97 Å². The summed E-state index contributed by atoms with van der Waals surface area (Å²) in [5.74, 6) is 0.0223. The summed E-state index contributed by atoms with van der Waals surface area (Å²) in [4.78, 5) is 24.4. The first-order valence-corrected chi connectivity index (χ1v) is 11.1. The second-order valence-electron chi connectivity index (χ2n) is 8.79. The number of anilines is 1. The lowest BCUT2D eigenvalue weighted by Crippen LogP contribution is -2.43. The van der Waals surface area contributed by atoms with E-state index in [0.29, 0.717) is 35.4 Å². The Kier molecular flexibility index (Phi) is 4.70. The number of benzene rings is 2. The van der Waals surface area contributed by atoms with E-state index in [-0.39, 0.29) is 46.1 Å². The molecule has 2 unspecified atom stereocenters. The third kappa shape index (κ3) is 3.19. The summed E-state index contributed by atoms with van der Waals surface area (Å²) in [5, 5.41) is 11.3. The van der Waals surface area contributed by atoms with Gasteiger partial charge in [0.15, 0.2) is 5.82 Å². The molecule has 4 heterocycles. The Morgan fingerprint density at radius 2 is 1.91 bits per heavy atom. The Morgan fingerprint density at radius 3 is 2.65 bits per heavy atom. The summed E-state index contributed by atoms with van der Waals surface area (Å²) >= 11 is 0. The highest BCUT2D eigenvalue weighted by atomic mass is 19.1. The van der Waals surface area contributed by atoms with Crippen molar-refractivity contribution < 1.29 is 23.4 Å². The van der Waals surface area contributed by atoms with Gasteiger partial charge in [-0.25, -0.2) is 9.18 Å². The van der Waals surface area contributed by atoms with Crippen molar-refractivity contribution in [3.05, 3.63) is 52.1 Å². The third-order valence-electron chi connectivity index (χ3n) is 6.65. The van der Waals surface area contributed by atoms with Gasteiger partial charge in [-0.1, -0.05) is 12.1 Å². The number of aryl methyl sites for hydroxylation is 1. The first kappa shape index (κ1) is 20.9. The molecule has 34 heavy (non-hydrogen) atoms. The minimum Gasteiger partial charge on any atom is -0.508 e. The standard InChI is InChI=1S/C25H22FN3O5/c1-12-21-20(23(28-25(27-21)32-2)29-10-15-6-7-16(11-29)33-15)24(31)34-22(12)17-9-14(30)8-13-4-3-5-18(26)19(13)17/h3-5,8-9,15-16,30H,6-7,10-11H2,1-2H3. The van der Waals surface area contributed by atoms with Gasteiger partial charge in [0, 0.05) is 29.6 Å². The summed E-state index contributed by atoms with van der Waals surface area (Å²) < 4.78 is 31.9. The molecular weight excluding hydrogens is 441 g/mol. The molecule has 2 fully saturated rings. The highest BCUT2D eigenvalue weighted by molar-refractivity contribution is 6.00. The van der Waals surface area contributed by atoms with Crippen LogP contribution in [0.2, 0.25) is 0 Å². The highest BCUT2D eigenvalue weighted by Gasteiger charge is 2.36. The number of nitrogens with zero attached hydrogens (tertiary/aromatic N) is 3. The Bertz CT molecular complexity index is 1510. The molecule has 2 aliphatic rings. The van der Waals surface area contributed by atoms with E-state index in [1.807, 2.05) is 4.90 Å². The smallest absolute Gasteiger partial charge is 0.349 e. The van der Waals surface area contributed by atoms with Gasteiger partial charge < -0.3 is 23.9 Å². The molecule has 0 amide bonds. The van der Waals surface area contributed by atoms with E-state index in [4.69, 9.17) is 13.9 Å². The zero-order valence-electron chi connectivity index (χ0n) is 18.7. The minimum absolute atomic E-state index is 0.0694. The molecule has 2 aromatic carbocycles. The largest absolute Gasteiger partial charge is 0.508 e. The van der Waals surface area contributed by atoms with Gasteiger partial charge in [0.1, 0.15) is 22.7 Å². The number of fused-ring (bicyclic) bond motifs is 4. The first-order chi connectivity index (χ1) is 16.4. The van der Waals surface area contributed by atoms with Crippen LogP contribution in [0.25, 0.3) is 33.0 Å². The number of ether oxygens (including phenoxy) is 2. The van der Waals surface area contributed by atoms with Crippen LogP contribution in [0.5, 0.6) is 11.8 Å². The fraction of sp³-hybridized carbons (Fsp3) is 0.320. The molecule has 1 N–H and O–H groups in total. The zero-order valence-corrected chi connectivity index (χ0v) is 18.7. The van der Waals surface area contributed by atoms with Crippen molar-refractivity contribution in [1.82, 2.24) is 9.97 Å². The topological polar surface area (TPSA) is 97.9 Å². The number of hydrogen-bond acceptors (Lipinski definition) is 8. The highest BCUT2D eigenvalue weighted by Crippen LogP contribution is 2.39. The average Bonchev–Trinajstić information content (AvgIpc) is 3.17. The normalized spacial score (nSPS) is 19.8. The predicted octanol–water partition coefficient (Wildman–Crippen LogP) is 3.93. The van der Waals surface area contributed by atoms with Crippen LogP contribution in [-0.4, -0.2) is 47.5 Å². The van der Waals surface area contributed by atoms with Crippen molar-refractivity contribution in [2.45, 2.75) is 32.0 Å². The molecule has 2 saturated heterocycles. The molecule has 0 radical (unpaired) electrons. The molecule has 0 saturated carbocycles. The quantitative estimate of drug-likeness (QED) is 0.488. The van der Waals surface area contributed by atoms with E-state index in [2.05, 4.69) is 9.97 Å². The zero-order chi connectivity index (χ0) is 23.6. The molecule has 174 valence electrons. The second-order valence-corrected chi connectivity index (χ2v) is 8.79. The fourth-order valence-electron chi connectivity index (χ4n) is 5.13. The van der Waals surface area contributed by atoms with Gasteiger partial charge in [0.25, 0.3) is 0 Å². The van der Waals surface area contributed by atoms with E-state index in [0.717, 1.165) is 12.8 Å².